The Morgan fingerprint density at radius 1 is 1.32 bits per heavy atom. The molecule has 2 amide bonds. The smallest absolute Gasteiger partial charge is 0.410 e. The van der Waals surface area contributed by atoms with Crippen LogP contribution in [0.4, 0.5) is 4.79 Å². The Labute approximate surface area is 129 Å². The summed E-state index contributed by atoms with van der Waals surface area (Å²) in [6, 6.07) is 0. The van der Waals surface area contributed by atoms with Gasteiger partial charge < -0.3 is 19.1 Å². The summed E-state index contributed by atoms with van der Waals surface area (Å²) in [4.78, 5) is 27.4. The van der Waals surface area contributed by atoms with Gasteiger partial charge in [0.2, 0.25) is 5.91 Å². The molecular formula is C14H21N5O3. The normalized spacial score (nSPS) is 25.4. The molecule has 0 aliphatic carbocycles. The van der Waals surface area contributed by atoms with Gasteiger partial charge in [-0.05, 0) is 12.8 Å². The van der Waals surface area contributed by atoms with Crippen molar-refractivity contribution in [2.45, 2.75) is 37.8 Å². The highest BCUT2D eigenvalue weighted by Crippen LogP contribution is 2.32. The standard InChI is InChI=1S/C14H21N5O3/c1-17-9-14(22-13(17)21)4-2-6-19(8-5-14)12(20)3-7-18-10-15-16-11-18/h10-11H,2-9H2,1H3/t14-/m1/s1. The molecule has 2 aliphatic rings. The summed E-state index contributed by atoms with van der Waals surface area (Å²) in [5, 5.41) is 7.45. The summed E-state index contributed by atoms with van der Waals surface area (Å²) >= 11 is 0. The van der Waals surface area contributed by atoms with Gasteiger partial charge in [-0.3, -0.25) is 4.79 Å². The van der Waals surface area contributed by atoms with Crippen molar-refractivity contribution in [3.05, 3.63) is 12.7 Å². The van der Waals surface area contributed by atoms with Crippen LogP contribution < -0.4 is 0 Å². The van der Waals surface area contributed by atoms with Crippen LogP contribution >= 0.6 is 0 Å². The number of likely N-dealkylation sites (N-methyl/N-ethyl adjacent to an activating group) is 1. The van der Waals surface area contributed by atoms with E-state index < -0.39 is 5.60 Å². The molecule has 0 unspecified atom stereocenters. The van der Waals surface area contributed by atoms with Gasteiger partial charge in [-0.1, -0.05) is 0 Å². The van der Waals surface area contributed by atoms with Crippen LogP contribution in [0.25, 0.3) is 0 Å². The van der Waals surface area contributed by atoms with Crippen molar-refractivity contribution in [1.29, 1.82) is 0 Å². The van der Waals surface area contributed by atoms with Gasteiger partial charge in [0.05, 0.1) is 6.54 Å². The molecule has 1 aromatic heterocycles. The molecule has 1 aromatic rings. The maximum atomic E-state index is 12.3. The van der Waals surface area contributed by atoms with E-state index in [1.165, 1.54) is 0 Å². The number of rotatable bonds is 3. The van der Waals surface area contributed by atoms with Gasteiger partial charge in [0.15, 0.2) is 0 Å². The number of aryl methyl sites for hydroxylation is 1. The first-order valence-corrected chi connectivity index (χ1v) is 7.62. The van der Waals surface area contributed by atoms with Gasteiger partial charge in [0, 0.05) is 39.5 Å². The van der Waals surface area contributed by atoms with Crippen LogP contribution in [0.2, 0.25) is 0 Å². The number of likely N-dealkylation sites (tertiary alicyclic amines) is 1. The highest BCUT2D eigenvalue weighted by molar-refractivity contribution is 5.76. The predicted octanol–water partition coefficient (Wildman–Crippen LogP) is 0.501. The molecule has 2 saturated heterocycles. The molecule has 2 aliphatic heterocycles. The van der Waals surface area contributed by atoms with Crippen molar-refractivity contribution in [2.75, 3.05) is 26.7 Å². The van der Waals surface area contributed by atoms with Gasteiger partial charge in [-0.25, -0.2) is 4.79 Å². The molecule has 1 spiro atoms. The predicted molar refractivity (Wildman–Crippen MR) is 76.9 cm³/mol. The van der Waals surface area contributed by atoms with Crippen molar-refractivity contribution in [3.63, 3.8) is 0 Å². The van der Waals surface area contributed by atoms with Crippen LogP contribution in [0, 0.1) is 0 Å². The van der Waals surface area contributed by atoms with E-state index in [0.29, 0.717) is 32.5 Å². The molecule has 3 heterocycles. The molecular weight excluding hydrogens is 286 g/mol. The maximum Gasteiger partial charge on any atom is 0.410 e. The Bertz CT molecular complexity index is 547. The highest BCUT2D eigenvalue weighted by Gasteiger charge is 2.44. The SMILES string of the molecule is CN1C[C@]2(CCCN(C(=O)CCn3cnnc3)CC2)OC1=O. The summed E-state index contributed by atoms with van der Waals surface area (Å²) in [6.45, 7) is 2.58. The summed E-state index contributed by atoms with van der Waals surface area (Å²) in [7, 11) is 1.75. The zero-order chi connectivity index (χ0) is 15.6. The molecule has 0 bridgehead atoms. The molecule has 0 N–H and O–H groups in total. The lowest BCUT2D eigenvalue weighted by Crippen LogP contribution is -2.37. The minimum Gasteiger partial charge on any atom is -0.441 e. The molecule has 0 radical (unpaired) electrons. The van der Waals surface area contributed by atoms with Crippen LogP contribution in [-0.4, -0.2) is 68.8 Å². The lowest BCUT2D eigenvalue weighted by Gasteiger charge is -2.25. The molecule has 8 heteroatoms. The number of hydrogen-bond donors (Lipinski definition) is 0. The van der Waals surface area contributed by atoms with Crippen LogP contribution in [0.1, 0.15) is 25.7 Å². The van der Waals surface area contributed by atoms with Gasteiger partial charge in [0.1, 0.15) is 18.3 Å². The number of carbonyl (C=O) groups excluding carboxylic acids is 2. The summed E-state index contributed by atoms with van der Waals surface area (Å²) in [5.74, 6) is 0.128. The summed E-state index contributed by atoms with van der Waals surface area (Å²) in [6.07, 6.45) is 5.79. The zero-order valence-corrected chi connectivity index (χ0v) is 12.8. The number of carbonyl (C=O) groups is 2. The van der Waals surface area contributed by atoms with Crippen molar-refractivity contribution in [1.82, 2.24) is 24.6 Å². The number of amides is 2. The Morgan fingerprint density at radius 2 is 2.09 bits per heavy atom. The average molecular weight is 307 g/mol. The van der Waals surface area contributed by atoms with Gasteiger partial charge in [-0.15, -0.1) is 10.2 Å². The van der Waals surface area contributed by atoms with Crippen LogP contribution in [-0.2, 0) is 16.1 Å². The first kappa shape index (κ1) is 14.8. The number of aromatic nitrogens is 3. The van der Waals surface area contributed by atoms with Gasteiger partial charge >= 0.3 is 6.09 Å². The third-order valence-electron chi connectivity index (χ3n) is 4.44. The fourth-order valence-electron chi connectivity index (χ4n) is 3.19. The molecule has 2 fully saturated rings. The first-order valence-electron chi connectivity index (χ1n) is 7.62. The molecule has 8 nitrogen and oxygen atoms in total. The van der Waals surface area contributed by atoms with Crippen LogP contribution in [0.15, 0.2) is 12.7 Å². The third-order valence-corrected chi connectivity index (χ3v) is 4.44. The molecule has 3 rings (SSSR count). The fourth-order valence-corrected chi connectivity index (χ4v) is 3.19. The molecule has 22 heavy (non-hydrogen) atoms. The van der Waals surface area contributed by atoms with Crippen molar-refractivity contribution >= 4 is 12.0 Å². The summed E-state index contributed by atoms with van der Waals surface area (Å²) < 4.78 is 7.35. The van der Waals surface area contributed by atoms with E-state index in [4.69, 9.17) is 4.74 Å². The van der Waals surface area contributed by atoms with Crippen molar-refractivity contribution in [2.24, 2.45) is 0 Å². The average Bonchev–Trinajstić information content (AvgIpc) is 3.04. The minimum atomic E-state index is -0.408. The fraction of sp³-hybridized carbons (Fsp3) is 0.714. The first-order chi connectivity index (χ1) is 10.6. The van der Waals surface area contributed by atoms with Crippen LogP contribution in [0.5, 0.6) is 0 Å². The van der Waals surface area contributed by atoms with E-state index >= 15 is 0 Å². The lowest BCUT2D eigenvalue weighted by atomic mass is 9.95. The Kier molecular flexibility index (Phi) is 4.00. The van der Waals surface area contributed by atoms with Crippen molar-refractivity contribution < 1.29 is 14.3 Å². The summed E-state index contributed by atoms with van der Waals surface area (Å²) in [5.41, 5.74) is -0.408. The molecule has 120 valence electrons. The maximum absolute atomic E-state index is 12.3. The van der Waals surface area contributed by atoms with E-state index in [2.05, 4.69) is 10.2 Å². The minimum absolute atomic E-state index is 0.128. The number of hydrogen-bond acceptors (Lipinski definition) is 5. The van der Waals surface area contributed by atoms with Gasteiger partial charge in [-0.2, -0.15) is 0 Å². The van der Waals surface area contributed by atoms with E-state index in [0.717, 1.165) is 19.4 Å². The Morgan fingerprint density at radius 3 is 2.77 bits per heavy atom. The Balaban J connectivity index is 1.54. The second-order valence-electron chi connectivity index (χ2n) is 6.09. The van der Waals surface area contributed by atoms with E-state index in [-0.39, 0.29) is 12.0 Å². The van der Waals surface area contributed by atoms with E-state index in [1.807, 2.05) is 4.90 Å². The third kappa shape index (κ3) is 3.05. The second-order valence-corrected chi connectivity index (χ2v) is 6.09. The quantitative estimate of drug-likeness (QED) is 0.812. The molecule has 1 atom stereocenters. The lowest BCUT2D eigenvalue weighted by molar-refractivity contribution is -0.131. The van der Waals surface area contributed by atoms with E-state index in [1.54, 1.807) is 29.2 Å². The van der Waals surface area contributed by atoms with Gasteiger partial charge in [0.25, 0.3) is 0 Å². The topological polar surface area (TPSA) is 80.6 Å². The Hall–Kier alpha value is -2.12. The monoisotopic (exact) mass is 307 g/mol. The second kappa shape index (κ2) is 5.94. The number of ether oxygens (including phenoxy) is 1. The highest BCUT2D eigenvalue weighted by atomic mass is 16.6. The number of nitrogens with zero attached hydrogens (tertiary/aromatic N) is 5. The zero-order valence-electron chi connectivity index (χ0n) is 12.8. The van der Waals surface area contributed by atoms with Crippen molar-refractivity contribution in [3.8, 4) is 0 Å². The van der Waals surface area contributed by atoms with E-state index in [9.17, 15) is 9.59 Å². The van der Waals surface area contributed by atoms with Crippen LogP contribution in [0.3, 0.4) is 0 Å². The molecule has 0 aromatic carbocycles. The largest absolute Gasteiger partial charge is 0.441 e. The molecule has 0 saturated carbocycles.